The standard InChI is InChI=1S/C14H22N2S/c1-11-5-3-7-13(9-11)17-10-12-6-4-8-14(15-2)16-12/h4,6,8,11,13H,3,5,7,9-10H2,1-2H3,(H,15,16). The Balaban J connectivity index is 1.84. The molecule has 1 saturated carbocycles. The quantitative estimate of drug-likeness (QED) is 0.876. The van der Waals surface area contributed by atoms with Gasteiger partial charge in [0.2, 0.25) is 0 Å². The van der Waals surface area contributed by atoms with Gasteiger partial charge in [-0.2, -0.15) is 11.8 Å². The largest absolute Gasteiger partial charge is 0.373 e. The maximum atomic E-state index is 4.56. The summed E-state index contributed by atoms with van der Waals surface area (Å²) in [5.74, 6) is 2.94. The van der Waals surface area contributed by atoms with E-state index in [1.54, 1.807) is 0 Å². The van der Waals surface area contributed by atoms with E-state index in [1.165, 1.54) is 31.4 Å². The van der Waals surface area contributed by atoms with Crippen molar-refractivity contribution >= 4 is 17.6 Å². The first-order valence-electron chi connectivity index (χ1n) is 6.53. The molecule has 0 amide bonds. The molecule has 0 aromatic carbocycles. The molecule has 1 N–H and O–H groups in total. The van der Waals surface area contributed by atoms with E-state index in [0.29, 0.717) is 0 Å². The van der Waals surface area contributed by atoms with Crippen LogP contribution in [-0.2, 0) is 5.75 Å². The fourth-order valence-electron chi connectivity index (χ4n) is 2.43. The first-order valence-corrected chi connectivity index (χ1v) is 7.58. The van der Waals surface area contributed by atoms with Crippen LogP contribution < -0.4 is 5.32 Å². The molecule has 1 aromatic rings. The lowest BCUT2D eigenvalue weighted by molar-refractivity contribution is 0.394. The van der Waals surface area contributed by atoms with Crippen molar-refractivity contribution < 1.29 is 0 Å². The molecule has 1 fully saturated rings. The van der Waals surface area contributed by atoms with Crippen LogP contribution in [0.25, 0.3) is 0 Å². The molecule has 2 rings (SSSR count). The molecule has 1 aliphatic carbocycles. The number of aromatic nitrogens is 1. The van der Waals surface area contributed by atoms with E-state index in [1.807, 2.05) is 13.1 Å². The van der Waals surface area contributed by atoms with Crippen LogP contribution in [0.4, 0.5) is 5.82 Å². The Hall–Kier alpha value is -0.700. The number of pyridine rings is 1. The highest BCUT2D eigenvalue weighted by Crippen LogP contribution is 2.33. The van der Waals surface area contributed by atoms with Gasteiger partial charge in [-0.15, -0.1) is 0 Å². The zero-order chi connectivity index (χ0) is 12.1. The average molecular weight is 250 g/mol. The summed E-state index contributed by atoms with van der Waals surface area (Å²) in [6.07, 6.45) is 5.60. The number of rotatable bonds is 4. The molecule has 0 aliphatic heterocycles. The third-order valence-electron chi connectivity index (χ3n) is 3.42. The highest BCUT2D eigenvalue weighted by molar-refractivity contribution is 7.99. The lowest BCUT2D eigenvalue weighted by Gasteiger charge is -2.26. The number of anilines is 1. The average Bonchev–Trinajstić information content (AvgIpc) is 2.37. The van der Waals surface area contributed by atoms with Gasteiger partial charge in [-0.1, -0.05) is 25.8 Å². The Labute approximate surface area is 109 Å². The molecule has 0 saturated heterocycles. The van der Waals surface area contributed by atoms with E-state index in [4.69, 9.17) is 0 Å². The summed E-state index contributed by atoms with van der Waals surface area (Å²) in [6, 6.07) is 6.22. The van der Waals surface area contributed by atoms with Gasteiger partial charge in [-0.05, 0) is 30.9 Å². The van der Waals surface area contributed by atoms with Crippen molar-refractivity contribution in [3.63, 3.8) is 0 Å². The summed E-state index contributed by atoms with van der Waals surface area (Å²) in [7, 11) is 1.92. The van der Waals surface area contributed by atoms with E-state index in [-0.39, 0.29) is 0 Å². The van der Waals surface area contributed by atoms with Gasteiger partial charge in [-0.3, -0.25) is 0 Å². The van der Waals surface area contributed by atoms with Crippen LogP contribution in [0.2, 0.25) is 0 Å². The first-order chi connectivity index (χ1) is 8.28. The van der Waals surface area contributed by atoms with Crippen molar-refractivity contribution in [2.75, 3.05) is 12.4 Å². The molecule has 2 nitrogen and oxygen atoms in total. The zero-order valence-corrected chi connectivity index (χ0v) is 11.6. The maximum absolute atomic E-state index is 4.56. The SMILES string of the molecule is CNc1cccc(CSC2CCCC(C)C2)n1. The van der Waals surface area contributed by atoms with Crippen molar-refractivity contribution in [1.29, 1.82) is 0 Å². The molecule has 0 bridgehead atoms. The minimum absolute atomic E-state index is 0.846. The van der Waals surface area contributed by atoms with Gasteiger partial charge in [0.1, 0.15) is 5.82 Å². The summed E-state index contributed by atoms with van der Waals surface area (Å²) in [6.45, 7) is 2.38. The molecule has 1 heterocycles. The molecule has 2 atom stereocenters. The summed E-state index contributed by atoms with van der Waals surface area (Å²) in [4.78, 5) is 4.56. The van der Waals surface area contributed by atoms with E-state index >= 15 is 0 Å². The Kier molecular flexibility index (Phi) is 4.72. The number of thioether (sulfide) groups is 1. The van der Waals surface area contributed by atoms with Crippen LogP contribution in [0.15, 0.2) is 18.2 Å². The van der Waals surface area contributed by atoms with Crippen LogP contribution in [0.1, 0.15) is 38.3 Å². The number of hydrogen-bond donors (Lipinski definition) is 1. The smallest absolute Gasteiger partial charge is 0.125 e. The topological polar surface area (TPSA) is 24.9 Å². The Morgan fingerprint density at radius 3 is 3.06 bits per heavy atom. The van der Waals surface area contributed by atoms with Crippen LogP contribution in [0, 0.1) is 5.92 Å². The number of hydrogen-bond acceptors (Lipinski definition) is 3. The molecular weight excluding hydrogens is 228 g/mol. The fraction of sp³-hybridized carbons (Fsp3) is 0.643. The van der Waals surface area contributed by atoms with Gasteiger partial charge in [-0.25, -0.2) is 4.98 Å². The fourth-order valence-corrected chi connectivity index (χ4v) is 3.80. The highest BCUT2D eigenvalue weighted by atomic mass is 32.2. The van der Waals surface area contributed by atoms with Crippen molar-refractivity contribution in [3.8, 4) is 0 Å². The second-order valence-corrected chi connectivity index (χ2v) is 6.26. The lowest BCUT2D eigenvalue weighted by atomic mass is 9.91. The molecule has 94 valence electrons. The van der Waals surface area contributed by atoms with Gasteiger partial charge in [0.15, 0.2) is 0 Å². The van der Waals surface area contributed by atoms with Crippen LogP contribution in [-0.4, -0.2) is 17.3 Å². The van der Waals surface area contributed by atoms with Crippen molar-refractivity contribution in [2.24, 2.45) is 5.92 Å². The van der Waals surface area contributed by atoms with Gasteiger partial charge in [0, 0.05) is 18.1 Å². The Morgan fingerprint density at radius 1 is 1.41 bits per heavy atom. The second kappa shape index (κ2) is 6.29. The van der Waals surface area contributed by atoms with E-state index in [2.05, 4.69) is 41.1 Å². The van der Waals surface area contributed by atoms with Gasteiger partial charge >= 0.3 is 0 Å². The molecule has 2 unspecified atom stereocenters. The Bertz CT molecular complexity index is 354. The predicted octanol–water partition coefficient (Wildman–Crippen LogP) is 3.94. The maximum Gasteiger partial charge on any atom is 0.125 e. The number of nitrogens with zero attached hydrogens (tertiary/aromatic N) is 1. The number of nitrogens with one attached hydrogen (secondary N) is 1. The van der Waals surface area contributed by atoms with Gasteiger partial charge < -0.3 is 5.32 Å². The predicted molar refractivity (Wildman–Crippen MR) is 76.5 cm³/mol. The lowest BCUT2D eigenvalue weighted by Crippen LogP contribution is -2.15. The van der Waals surface area contributed by atoms with Crippen molar-refractivity contribution in [3.05, 3.63) is 23.9 Å². The van der Waals surface area contributed by atoms with Gasteiger partial charge in [0.25, 0.3) is 0 Å². The molecule has 17 heavy (non-hydrogen) atoms. The minimum atomic E-state index is 0.846. The van der Waals surface area contributed by atoms with E-state index in [0.717, 1.165) is 22.7 Å². The third kappa shape index (κ3) is 3.91. The minimum Gasteiger partial charge on any atom is -0.373 e. The van der Waals surface area contributed by atoms with Crippen LogP contribution >= 0.6 is 11.8 Å². The normalized spacial score (nSPS) is 24.6. The van der Waals surface area contributed by atoms with Crippen LogP contribution in [0.3, 0.4) is 0 Å². The van der Waals surface area contributed by atoms with Crippen molar-refractivity contribution in [1.82, 2.24) is 4.98 Å². The van der Waals surface area contributed by atoms with E-state index < -0.39 is 0 Å². The molecule has 0 radical (unpaired) electrons. The summed E-state index contributed by atoms with van der Waals surface area (Å²) < 4.78 is 0. The zero-order valence-electron chi connectivity index (χ0n) is 10.8. The third-order valence-corrected chi connectivity index (χ3v) is 4.78. The molecule has 1 aliphatic rings. The highest BCUT2D eigenvalue weighted by Gasteiger charge is 2.19. The summed E-state index contributed by atoms with van der Waals surface area (Å²) in [5.41, 5.74) is 1.19. The summed E-state index contributed by atoms with van der Waals surface area (Å²) >= 11 is 2.08. The van der Waals surface area contributed by atoms with Crippen molar-refractivity contribution in [2.45, 2.75) is 43.6 Å². The monoisotopic (exact) mass is 250 g/mol. The second-order valence-electron chi connectivity index (χ2n) is 4.97. The Morgan fingerprint density at radius 2 is 2.29 bits per heavy atom. The molecular formula is C14H22N2S. The molecule has 1 aromatic heterocycles. The molecule has 3 heteroatoms. The molecule has 0 spiro atoms. The van der Waals surface area contributed by atoms with E-state index in [9.17, 15) is 0 Å². The first kappa shape index (κ1) is 12.7. The van der Waals surface area contributed by atoms with Gasteiger partial charge in [0.05, 0.1) is 5.69 Å². The summed E-state index contributed by atoms with van der Waals surface area (Å²) in [5, 5.41) is 3.94. The van der Waals surface area contributed by atoms with Crippen LogP contribution in [0.5, 0.6) is 0 Å².